The Balaban J connectivity index is 1.75. The summed E-state index contributed by atoms with van der Waals surface area (Å²) in [6, 6.07) is 7.36. The van der Waals surface area contributed by atoms with Crippen molar-refractivity contribution in [1.29, 1.82) is 0 Å². The van der Waals surface area contributed by atoms with Crippen LogP contribution >= 0.6 is 34.5 Å². The van der Waals surface area contributed by atoms with Gasteiger partial charge >= 0.3 is 5.97 Å². The number of phenols is 1. The number of ether oxygens (including phenoxy) is 3. The molecule has 8 nitrogen and oxygen atoms in total. The first-order chi connectivity index (χ1) is 16.8. The van der Waals surface area contributed by atoms with E-state index in [4.69, 9.17) is 37.4 Å². The lowest BCUT2D eigenvalue weighted by Crippen LogP contribution is -2.39. The summed E-state index contributed by atoms with van der Waals surface area (Å²) >= 11 is 13.3. The number of allylic oxidation sites excluding steroid dienone is 1. The molecule has 0 fully saturated rings. The Hall–Kier alpha value is -3.27. The highest BCUT2D eigenvalue weighted by Crippen LogP contribution is 2.38. The number of carbonyl (C=O) groups excluding carboxylic acids is 1. The lowest BCUT2D eigenvalue weighted by atomic mass is 9.95. The molecule has 3 heterocycles. The van der Waals surface area contributed by atoms with Crippen LogP contribution in [0.2, 0.25) is 10.0 Å². The normalized spacial score (nSPS) is 16.8. The quantitative estimate of drug-likeness (QED) is 0.516. The third-order valence-electron chi connectivity index (χ3n) is 5.57. The van der Waals surface area contributed by atoms with Gasteiger partial charge in [0.25, 0.3) is 5.56 Å². The van der Waals surface area contributed by atoms with Gasteiger partial charge in [-0.15, -0.1) is 0 Å². The van der Waals surface area contributed by atoms with Crippen LogP contribution in [0.25, 0.3) is 6.08 Å². The Morgan fingerprint density at radius 3 is 2.83 bits per heavy atom. The van der Waals surface area contributed by atoms with Gasteiger partial charge in [0.15, 0.2) is 16.3 Å². The highest BCUT2D eigenvalue weighted by atomic mass is 35.5. The summed E-state index contributed by atoms with van der Waals surface area (Å²) in [7, 11) is 0. The first-order valence-electron chi connectivity index (χ1n) is 10.6. The maximum atomic E-state index is 13.7. The highest BCUT2D eigenvalue weighted by Gasteiger charge is 2.34. The van der Waals surface area contributed by atoms with E-state index in [0.717, 1.165) is 11.3 Å². The van der Waals surface area contributed by atoms with Crippen LogP contribution in [-0.4, -0.2) is 29.0 Å². The molecule has 0 saturated carbocycles. The molecule has 1 atom stereocenters. The highest BCUT2D eigenvalue weighted by molar-refractivity contribution is 7.07. The van der Waals surface area contributed by atoms with Gasteiger partial charge in [-0.05, 0) is 49.8 Å². The van der Waals surface area contributed by atoms with Crippen LogP contribution in [0.4, 0.5) is 0 Å². The van der Waals surface area contributed by atoms with E-state index in [0.29, 0.717) is 32.6 Å². The maximum absolute atomic E-state index is 13.7. The summed E-state index contributed by atoms with van der Waals surface area (Å²) in [5.74, 6) is 0.330. The Morgan fingerprint density at radius 2 is 2.06 bits per heavy atom. The number of benzene rings is 2. The third kappa shape index (κ3) is 4.09. The smallest absolute Gasteiger partial charge is 0.338 e. The van der Waals surface area contributed by atoms with Gasteiger partial charge in [0.1, 0.15) is 5.75 Å². The number of aromatic hydroxyl groups is 1. The maximum Gasteiger partial charge on any atom is 0.338 e. The van der Waals surface area contributed by atoms with Gasteiger partial charge in [-0.3, -0.25) is 9.36 Å². The molecule has 2 aliphatic rings. The second kappa shape index (κ2) is 9.07. The van der Waals surface area contributed by atoms with Crippen molar-refractivity contribution in [3.63, 3.8) is 0 Å². The summed E-state index contributed by atoms with van der Waals surface area (Å²) in [6.07, 6.45) is 1.50. The predicted octanol–water partition coefficient (Wildman–Crippen LogP) is 3.54. The van der Waals surface area contributed by atoms with Crippen LogP contribution in [0, 0.1) is 0 Å². The number of halogens is 2. The molecule has 1 N–H and O–H groups in total. The molecule has 11 heteroatoms. The minimum atomic E-state index is -0.807. The van der Waals surface area contributed by atoms with E-state index in [9.17, 15) is 14.7 Å². The SMILES string of the molecule is CCOC(=O)C1=C(C)N=c2s/c(=C\c3cc(Cl)cc(Cl)c3O)c(=O)n2C1c1ccc2c(c1)OCO2. The summed E-state index contributed by atoms with van der Waals surface area (Å²) in [5, 5.41) is 10.7. The molecule has 0 bridgehead atoms. The molecule has 5 rings (SSSR count). The topological polar surface area (TPSA) is 99.4 Å². The fourth-order valence-electron chi connectivity index (χ4n) is 4.03. The Morgan fingerprint density at radius 1 is 1.29 bits per heavy atom. The molecule has 0 radical (unpaired) electrons. The number of phenolic OH excluding ortho intramolecular Hbond substituents is 1. The Labute approximate surface area is 212 Å². The number of hydrogen-bond donors (Lipinski definition) is 1. The molecule has 0 aliphatic carbocycles. The third-order valence-corrected chi connectivity index (χ3v) is 7.06. The van der Waals surface area contributed by atoms with Crippen molar-refractivity contribution in [2.24, 2.45) is 4.99 Å². The summed E-state index contributed by atoms with van der Waals surface area (Å²) in [5.41, 5.74) is 1.20. The van der Waals surface area contributed by atoms with E-state index in [1.165, 1.54) is 22.8 Å². The number of thiazole rings is 1. The standard InChI is InChI=1S/C24H18Cl2N2O6S/c1-3-32-23(31)19-11(2)27-24-28(20(19)12-4-5-16-17(7-12)34-10-33-16)22(30)18(35-24)8-13-6-14(25)9-15(26)21(13)29/h4-9,20,29H,3,10H2,1-2H3/b18-8-. The van der Waals surface area contributed by atoms with Crippen molar-refractivity contribution in [2.75, 3.05) is 13.4 Å². The van der Waals surface area contributed by atoms with Gasteiger partial charge in [-0.2, -0.15) is 0 Å². The van der Waals surface area contributed by atoms with Crippen molar-refractivity contribution in [2.45, 2.75) is 19.9 Å². The van der Waals surface area contributed by atoms with Crippen LogP contribution in [0.5, 0.6) is 17.2 Å². The van der Waals surface area contributed by atoms with E-state index in [1.807, 2.05) is 0 Å². The zero-order valence-corrected chi connectivity index (χ0v) is 20.8. The predicted molar refractivity (Wildman–Crippen MR) is 131 cm³/mol. The summed E-state index contributed by atoms with van der Waals surface area (Å²) in [4.78, 5) is 31.6. The molecule has 0 spiro atoms. The van der Waals surface area contributed by atoms with E-state index in [-0.39, 0.29) is 39.8 Å². The van der Waals surface area contributed by atoms with Gasteiger partial charge in [0.2, 0.25) is 6.79 Å². The second-order valence-corrected chi connectivity index (χ2v) is 9.59. The van der Waals surface area contributed by atoms with E-state index in [2.05, 4.69) is 4.99 Å². The number of carbonyl (C=O) groups is 1. The van der Waals surface area contributed by atoms with Crippen molar-refractivity contribution < 1.29 is 24.1 Å². The van der Waals surface area contributed by atoms with Crippen LogP contribution < -0.4 is 24.4 Å². The molecule has 2 aliphatic heterocycles. The molecule has 3 aromatic rings. The van der Waals surface area contributed by atoms with Gasteiger partial charge in [-0.1, -0.05) is 40.6 Å². The number of esters is 1. The first-order valence-corrected chi connectivity index (χ1v) is 12.1. The first kappa shape index (κ1) is 23.5. The van der Waals surface area contributed by atoms with Gasteiger partial charge in [0, 0.05) is 10.6 Å². The van der Waals surface area contributed by atoms with Gasteiger partial charge < -0.3 is 19.3 Å². The molecule has 0 saturated heterocycles. The minimum Gasteiger partial charge on any atom is -0.506 e. The zero-order valence-electron chi connectivity index (χ0n) is 18.5. The molecule has 0 amide bonds. The molecular formula is C24H18Cl2N2O6S. The lowest BCUT2D eigenvalue weighted by molar-refractivity contribution is -0.139. The molecule has 35 heavy (non-hydrogen) atoms. The number of rotatable bonds is 4. The zero-order chi connectivity index (χ0) is 24.9. The largest absolute Gasteiger partial charge is 0.506 e. The Bertz CT molecular complexity index is 1590. The molecule has 1 aromatic heterocycles. The average Bonchev–Trinajstić information content (AvgIpc) is 3.40. The number of fused-ring (bicyclic) bond motifs is 2. The van der Waals surface area contributed by atoms with Crippen molar-refractivity contribution >= 4 is 46.6 Å². The van der Waals surface area contributed by atoms with Crippen LogP contribution in [0.1, 0.15) is 31.0 Å². The fourth-order valence-corrected chi connectivity index (χ4v) is 5.57. The van der Waals surface area contributed by atoms with Crippen molar-refractivity contribution in [1.82, 2.24) is 4.57 Å². The molecule has 2 aromatic carbocycles. The molecule has 1 unspecified atom stereocenters. The van der Waals surface area contributed by atoms with Crippen LogP contribution in [0.3, 0.4) is 0 Å². The van der Waals surface area contributed by atoms with Crippen LogP contribution in [0.15, 0.2) is 51.4 Å². The van der Waals surface area contributed by atoms with E-state index < -0.39 is 17.6 Å². The fraction of sp³-hybridized carbons (Fsp3) is 0.208. The van der Waals surface area contributed by atoms with Crippen LogP contribution in [-0.2, 0) is 9.53 Å². The number of aromatic nitrogens is 1. The van der Waals surface area contributed by atoms with E-state index in [1.54, 1.807) is 32.0 Å². The van der Waals surface area contributed by atoms with Gasteiger partial charge in [0.05, 0.1) is 33.5 Å². The lowest BCUT2D eigenvalue weighted by Gasteiger charge is -2.24. The van der Waals surface area contributed by atoms with Gasteiger partial charge in [-0.25, -0.2) is 9.79 Å². The average molecular weight is 533 g/mol. The molecule has 180 valence electrons. The van der Waals surface area contributed by atoms with Crippen molar-refractivity contribution in [3.05, 3.63) is 82.5 Å². The minimum absolute atomic E-state index is 0.0650. The monoisotopic (exact) mass is 532 g/mol. The molecular weight excluding hydrogens is 515 g/mol. The second-order valence-electron chi connectivity index (χ2n) is 7.74. The van der Waals surface area contributed by atoms with Crippen molar-refractivity contribution in [3.8, 4) is 17.2 Å². The Kier molecular flexibility index (Phi) is 6.08. The summed E-state index contributed by atoms with van der Waals surface area (Å²) < 4.78 is 17.9. The number of nitrogens with zero attached hydrogens (tertiary/aromatic N) is 2. The summed E-state index contributed by atoms with van der Waals surface area (Å²) in [6.45, 7) is 3.67. The van der Waals surface area contributed by atoms with E-state index >= 15 is 0 Å². The number of hydrogen-bond acceptors (Lipinski definition) is 8.